The van der Waals surface area contributed by atoms with Crippen molar-refractivity contribution in [2.24, 2.45) is 0 Å². The summed E-state index contributed by atoms with van der Waals surface area (Å²) in [5.41, 5.74) is 3.22. The molecule has 0 unspecified atom stereocenters. The van der Waals surface area contributed by atoms with E-state index < -0.39 is 0 Å². The van der Waals surface area contributed by atoms with E-state index in [0.717, 1.165) is 33.0 Å². The highest BCUT2D eigenvalue weighted by molar-refractivity contribution is 9.10. The molecule has 0 radical (unpaired) electrons. The summed E-state index contributed by atoms with van der Waals surface area (Å²) in [6.07, 6.45) is 1.66. The van der Waals surface area contributed by atoms with Crippen LogP contribution < -0.4 is 14.8 Å². The first-order chi connectivity index (χ1) is 17.8. The van der Waals surface area contributed by atoms with Gasteiger partial charge in [0.1, 0.15) is 0 Å². The van der Waals surface area contributed by atoms with E-state index in [1.54, 1.807) is 24.3 Å². The van der Waals surface area contributed by atoms with Gasteiger partial charge in [-0.05, 0) is 78.7 Å². The highest BCUT2D eigenvalue weighted by atomic mass is 79.9. The molecule has 1 N–H and O–H groups in total. The third-order valence-corrected chi connectivity index (χ3v) is 6.91. The number of imide groups is 1. The standard InChI is InChI=1S/C28H25BrN2O5S/c1-3-35-24-14-20(10-13-23(24)36-17-26(32)30-22-7-5-4-6-18(22)2)15-25-27(33)31(28(34)37-25)16-19-8-11-21(29)12-9-19/h4-15H,3,16-17H2,1-2H3,(H,30,32)/b25-15-. The summed E-state index contributed by atoms with van der Waals surface area (Å²) in [5.74, 6) is 0.209. The third-order valence-electron chi connectivity index (χ3n) is 5.47. The Kier molecular flexibility index (Phi) is 8.68. The van der Waals surface area contributed by atoms with E-state index in [9.17, 15) is 14.4 Å². The molecule has 3 aromatic rings. The van der Waals surface area contributed by atoms with Gasteiger partial charge in [0, 0.05) is 10.2 Å². The summed E-state index contributed by atoms with van der Waals surface area (Å²) in [7, 11) is 0. The van der Waals surface area contributed by atoms with Gasteiger partial charge in [0.2, 0.25) is 0 Å². The van der Waals surface area contributed by atoms with Gasteiger partial charge in [-0.1, -0.05) is 52.3 Å². The zero-order chi connectivity index (χ0) is 26.4. The number of hydrogen-bond acceptors (Lipinski definition) is 6. The first-order valence-electron chi connectivity index (χ1n) is 11.6. The Morgan fingerprint density at radius 3 is 2.51 bits per heavy atom. The molecule has 9 heteroatoms. The number of anilines is 1. The fourth-order valence-corrected chi connectivity index (χ4v) is 4.71. The maximum atomic E-state index is 12.9. The second-order valence-electron chi connectivity index (χ2n) is 8.19. The van der Waals surface area contributed by atoms with Crippen molar-refractivity contribution in [3.63, 3.8) is 0 Å². The van der Waals surface area contributed by atoms with Crippen molar-refractivity contribution < 1.29 is 23.9 Å². The Hall–Kier alpha value is -3.56. The molecule has 37 heavy (non-hydrogen) atoms. The van der Waals surface area contributed by atoms with Crippen LogP contribution in [0, 0.1) is 6.92 Å². The van der Waals surface area contributed by atoms with Crippen LogP contribution in [0.15, 0.2) is 76.1 Å². The van der Waals surface area contributed by atoms with Crippen LogP contribution in [0.2, 0.25) is 0 Å². The molecule has 0 atom stereocenters. The summed E-state index contributed by atoms with van der Waals surface area (Å²) in [6.45, 7) is 4.16. The number of thioether (sulfide) groups is 1. The monoisotopic (exact) mass is 580 g/mol. The second-order valence-corrected chi connectivity index (χ2v) is 10.1. The fraction of sp³-hybridized carbons (Fsp3) is 0.179. The molecule has 3 amide bonds. The van der Waals surface area contributed by atoms with Gasteiger partial charge in [-0.25, -0.2) is 0 Å². The number of nitrogens with one attached hydrogen (secondary N) is 1. The maximum Gasteiger partial charge on any atom is 0.293 e. The smallest absolute Gasteiger partial charge is 0.293 e. The second kappa shape index (κ2) is 12.1. The predicted molar refractivity (Wildman–Crippen MR) is 149 cm³/mol. The van der Waals surface area contributed by atoms with Gasteiger partial charge < -0.3 is 14.8 Å². The molecule has 3 aromatic carbocycles. The number of carbonyl (C=O) groups excluding carboxylic acids is 3. The normalized spacial score (nSPS) is 14.2. The molecule has 0 aliphatic carbocycles. The van der Waals surface area contributed by atoms with E-state index in [1.165, 1.54) is 4.90 Å². The number of para-hydroxylation sites is 1. The molecule has 0 bridgehead atoms. The molecule has 1 aliphatic heterocycles. The van der Waals surface area contributed by atoms with Crippen molar-refractivity contribution in [3.8, 4) is 11.5 Å². The molecule has 0 aromatic heterocycles. The Morgan fingerprint density at radius 1 is 1.03 bits per heavy atom. The summed E-state index contributed by atoms with van der Waals surface area (Å²) in [4.78, 5) is 39.4. The van der Waals surface area contributed by atoms with Crippen molar-refractivity contribution in [2.45, 2.75) is 20.4 Å². The van der Waals surface area contributed by atoms with Gasteiger partial charge in [0.05, 0.1) is 18.1 Å². The fourth-order valence-electron chi connectivity index (χ4n) is 3.60. The lowest BCUT2D eigenvalue weighted by Crippen LogP contribution is -2.27. The van der Waals surface area contributed by atoms with E-state index >= 15 is 0 Å². The maximum absolute atomic E-state index is 12.9. The molecular weight excluding hydrogens is 556 g/mol. The molecule has 4 rings (SSSR count). The molecule has 190 valence electrons. The van der Waals surface area contributed by atoms with Crippen molar-refractivity contribution in [1.82, 2.24) is 4.90 Å². The van der Waals surface area contributed by atoms with E-state index in [4.69, 9.17) is 9.47 Å². The van der Waals surface area contributed by atoms with E-state index in [0.29, 0.717) is 28.6 Å². The van der Waals surface area contributed by atoms with Gasteiger partial charge in [0.25, 0.3) is 17.1 Å². The number of hydrogen-bond donors (Lipinski definition) is 1. The number of halogens is 1. The van der Waals surface area contributed by atoms with Crippen LogP contribution in [0.5, 0.6) is 11.5 Å². The van der Waals surface area contributed by atoms with E-state index in [1.807, 2.05) is 62.4 Å². The number of amides is 3. The molecule has 0 saturated carbocycles. The average Bonchev–Trinajstić information content (AvgIpc) is 3.13. The van der Waals surface area contributed by atoms with E-state index in [-0.39, 0.29) is 30.2 Å². The van der Waals surface area contributed by atoms with E-state index in [2.05, 4.69) is 21.2 Å². The zero-order valence-electron chi connectivity index (χ0n) is 20.3. The molecule has 1 heterocycles. The summed E-state index contributed by atoms with van der Waals surface area (Å²) in [6, 6.07) is 20.1. The van der Waals surface area contributed by atoms with Crippen molar-refractivity contribution >= 4 is 56.5 Å². The van der Waals surface area contributed by atoms with Crippen LogP contribution >= 0.6 is 27.7 Å². The predicted octanol–water partition coefficient (Wildman–Crippen LogP) is 6.41. The van der Waals surface area contributed by atoms with Crippen LogP contribution in [-0.4, -0.2) is 35.2 Å². The van der Waals surface area contributed by atoms with Crippen molar-refractivity contribution in [3.05, 3.63) is 92.8 Å². The van der Waals surface area contributed by atoms with Gasteiger partial charge in [-0.15, -0.1) is 0 Å². The number of aryl methyl sites for hydroxylation is 1. The van der Waals surface area contributed by atoms with Gasteiger partial charge in [-0.3, -0.25) is 19.3 Å². The number of benzene rings is 3. The highest BCUT2D eigenvalue weighted by Gasteiger charge is 2.35. The highest BCUT2D eigenvalue weighted by Crippen LogP contribution is 2.35. The first kappa shape index (κ1) is 26.5. The van der Waals surface area contributed by atoms with Crippen LogP contribution in [-0.2, 0) is 16.1 Å². The SMILES string of the molecule is CCOc1cc(/C=C2\SC(=O)N(Cc3ccc(Br)cc3)C2=O)ccc1OCC(=O)Nc1ccccc1C. The summed E-state index contributed by atoms with van der Waals surface area (Å²) < 4.78 is 12.4. The Labute approximate surface area is 228 Å². The average molecular weight is 581 g/mol. The lowest BCUT2D eigenvalue weighted by Gasteiger charge is -2.13. The number of ether oxygens (including phenoxy) is 2. The minimum atomic E-state index is -0.343. The Bertz CT molecular complexity index is 1360. The lowest BCUT2D eigenvalue weighted by atomic mass is 10.1. The summed E-state index contributed by atoms with van der Waals surface area (Å²) in [5, 5.41) is 2.52. The van der Waals surface area contributed by atoms with Crippen LogP contribution in [0.3, 0.4) is 0 Å². The number of carbonyl (C=O) groups is 3. The van der Waals surface area contributed by atoms with Gasteiger partial charge in [-0.2, -0.15) is 0 Å². The van der Waals surface area contributed by atoms with Crippen LogP contribution in [0.1, 0.15) is 23.6 Å². The molecule has 1 saturated heterocycles. The molecule has 7 nitrogen and oxygen atoms in total. The lowest BCUT2D eigenvalue weighted by molar-refractivity contribution is -0.123. The third kappa shape index (κ3) is 6.81. The topological polar surface area (TPSA) is 84.9 Å². The van der Waals surface area contributed by atoms with Crippen LogP contribution in [0.4, 0.5) is 10.5 Å². The minimum Gasteiger partial charge on any atom is -0.490 e. The Morgan fingerprint density at radius 2 is 1.78 bits per heavy atom. The first-order valence-corrected chi connectivity index (χ1v) is 13.2. The van der Waals surface area contributed by atoms with Gasteiger partial charge >= 0.3 is 0 Å². The largest absolute Gasteiger partial charge is 0.490 e. The molecule has 1 fully saturated rings. The van der Waals surface area contributed by atoms with Crippen molar-refractivity contribution in [1.29, 1.82) is 0 Å². The zero-order valence-corrected chi connectivity index (χ0v) is 22.7. The molecule has 0 spiro atoms. The number of nitrogens with zero attached hydrogens (tertiary/aromatic N) is 1. The quantitative estimate of drug-likeness (QED) is 0.294. The molecular formula is C28H25BrN2O5S. The summed E-state index contributed by atoms with van der Waals surface area (Å²) >= 11 is 4.29. The van der Waals surface area contributed by atoms with Gasteiger partial charge in [0.15, 0.2) is 18.1 Å². The molecule has 1 aliphatic rings. The minimum absolute atomic E-state index is 0.192. The number of rotatable bonds is 9. The Balaban J connectivity index is 1.44. The van der Waals surface area contributed by atoms with Crippen LogP contribution in [0.25, 0.3) is 6.08 Å². The van der Waals surface area contributed by atoms with Crippen molar-refractivity contribution in [2.75, 3.05) is 18.5 Å².